The molecule has 0 bridgehead atoms. The quantitative estimate of drug-likeness (QED) is 0.693. The molecule has 118 valence electrons. The van der Waals surface area contributed by atoms with Crippen LogP contribution >= 0.6 is 0 Å². The van der Waals surface area contributed by atoms with Crippen LogP contribution in [0.15, 0.2) is 24.3 Å². The first-order valence-corrected chi connectivity index (χ1v) is 7.24. The molecule has 2 atom stereocenters. The van der Waals surface area contributed by atoms with Gasteiger partial charge in [0.25, 0.3) is 0 Å². The number of carbonyl (C=O) groups is 1. The van der Waals surface area contributed by atoms with Gasteiger partial charge in [0, 0.05) is 6.42 Å². The fourth-order valence-electron chi connectivity index (χ4n) is 2.30. The first-order valence-electron chi connectivity index (χ1n) is 7.24. The van der Waals surface area contributed by atoms with Crippen molar-refractivity contribution in [1.82, 2.24) is 0 Å². The maximum absolute atomic E-state index is 10.7. The van der Waals surface area contributed by atoms with E-state index in [0.29, 0.717) is 19.1 Å². The molecule has 5 nitrogen and oxygen atoms in total. The average molecular weight is 295 g/mol. The molecule has 3 N–H and O–H groups in total. The molecule has 1 unspecified atom stereocenters. The fourth-order valence-corrected chi connectivity index (χ4v) is 2.30. The topological polar surface area (TPSA) is 81.8 Å². The summed E-state index contributed by atoms with van der Waals surface area (Å²) in [6.07, 6.45) is 1.79. The number of hydrogen-bond acceptors (Lipinski definition) is 4. The second-order valence-corrected chi connectivity index (χ2v) is 5.33. The van der Waals surface area contributed by atoms with Crippen LogP contribution in [0.1, 0.15) is 26.2 Å². The van der Waals surface area contributed by atoms with Gasteiger partial charge in [-0.25, -0.2) is 0 Å². The van der Waals surface area contributed by atoms with Crippen LogP contribution in [-0.4, -0.2) is 31.3 Å². The highest BCUT2D eigenvalue weighted by Crippen LogP contribution is 2.26. The molecule has 5 heteroatoms. The monoisotopic (exact) mass is 295 g/mol. The molecule has 1 rings (SSSR count). The third-order valence-corrected chi connectivity index (χ3v) is 3.47. The summed E-state index contributed by atoms with van der Waals surface area (Å²) in [7, 11) is 1.61. The van der Waals surface area contributed by atoms with Gasteiger partial charge in [-0.15, -0.1) is 0 Å². The second-order valence-electron chi connectivity index (χ2n) is 5.33. The van der Waals surface area contributed by atoms with Gasteiger partial charge in [-0.1, -0.05) is 19.1 Å². The molecule has 0 aliphatic carbocycles. The molecule has 1 aromatic rings. The van der Waals surface area contributed by atoms with Crippen molar-refractivity contribution in [2.75, 3.05) is 20.3 Å². The Labute approximate surface area is 126 Å². The van der Waals surface area contributed by atoms with E-state index in [9.17, 15) is 4.79 Å². The minimum Gasteiger partial charge on any atom is -0.493 e. The Balaban J connectivity index is 2.35. The molecule has 0 heterocycles. The number of para-hydroxylation sites is 2. The van der Waals surface area contributed by atoms with Crippen LogP contribution in [-0.2, 0) is 4.79 Å². The van der Waals surface area contributed by atoms with E-state index in [0.717, 1.165) is 24.3 Å². The molecule has 0 amide bonds. The van der Waals surface area contributed by atoms with Crippen LogP contribution in [0.25, 0.3) is 0 Å². The zero-order valence-corrected chi connectivity index (χ0v) is 12.7. The van der Waals surface area contributed by atoms with E-state index < -0.39 is 5.97 Å². The van der Waals surface area contributed by atoms with Crippen molar-refractivity contribution >= 4 is 5.97 Å². The zero-order valence-electron chi connectivity index (χ0n) is 12.7. The van der Waals surface area contributed by atoms with Crippen molar-refractivity contribution in [3.05, 3.63) is 24.3 Å². The van der Waals surface area contributed by atoms with Gasteiger partial charge in [0.05, 0.1) is 13.7 Å². The lowest BCUT2D eigenvalue weighted by Gasteiger charge is -2.18. The number of hydrogen-bond donors (Lipinski definition) is 2. The minimum absolute atomic E-state index is 0.0313. The summed E-state index contributed by atoms with van der Waals surface area (Å²) in [5, 5.41) is 8.82. The van der Waals surface area contributed by atoms with Gasteiger partial charge in [0.1, 0.15) is 0 Å². The highest BCUT2D eigenvalue weighted by Gasteiger charge is 2.15. The van der Waals surface area contributed by atoms with Crippen molar-refractivity contribution in [1.29, 1.82) is 0 Å². The number of carboxylic acid groups (broad SMARTS) is 1. The number of benzene rings is 1. The van der Waals surface area contributed by atoms with Crippen molar-refractivity contribution in [2.24, 2.45) is 17.6 Å². The number of nitrogens with two attached hydrogens (primary N) is 1. The van der Waals surface area contributed by atoms with E-state index in [1.807, 2.05) is 24.3 Å². The van der Waals surface area contributed by atoms with E-state index in [-0.39, 0.29) is 12.3 Å². The molecular formula is C16H25NO4. The molecule has 0 aromatic heterocycles. The Morgan fingerprint density at radius 2 is 2.00 bits per heavy atom. The third-order valence-electron chi connectivity index (χ3n) is 3.47. The predicted molar refractivity (Wildman–Crippen MR) is 81.7 cm³/mol. The van der Waals surface area contributed by atoms with Gasteiger partial charge in [-0.3, -0.25) is 4.79 Å². The van der Waals surface area contributed by atoms with Gasteiger partial charge >= 0.3 is 5.97 Å². The number of carboxylic acids is 1. The normalized spacial score (nSPS) is 13.5. The average Bonchev–Trinajstić information content (AvgIpc) is 2.46. The summed E-state index contributed by atoms with van der Waals surface area (Å²) in [6, 6.07) is 7.53. The number of ether oxygens (including phenoxy) is 2. The van der Waals surface area contributed by atoms with Gasteiger partial charge in [-0.2, -0.15) is 0 Å². The van der Waals surface area contributed by atoms with Crippen molar-refractivity contribution in [2.45, 2.75) is 26.2 Å². The van der Waals surface area contributed by atoms with E-state index in [1.165, 1.54) is 0 Å². The smallest absolute Gasteiger partial charge is 0.303 e. The van der Waals surface area contributed by atoms with Gasteiger partial charge in [0.2, 0.25) is 0 Å². The molecule has 0 saturated heterocycles. The Morgan fingerprint density at radius 1 is 1.33 bits per heavy atom. The largest absolute Gasteiger partial charge is 0.493 e. The first-order chi connectivity index (χ1) is 10.1. The summed E-state index contributed by atoms with van der Waals surface area (Å²) in [5.41, 5.74) is 5.62. The van der Waals surface area contributed by atoms with Crippen LogP contribution in [0.5, 0.6) is 11.5 Å². The van der Waals surface area contributed by atoms with E-state index in [2.05, 4.69) is 6.92 Å². The first kappa shape index (κ1) is 17.3. The van der Waals surface area contributed by atoms with Gasteiger partial charge < -0.3 is 20.3 Å². The molecule has 0 saturated carbocycles. The molecule has 0 aliphatic heterocycles. The van der Waals surface area contributed by atoms with E-state index >= 15 is 0 Å². The molecule has 0 radical (unpaired) electrons. The van der Waals surface area contributed by atoms with Crippen LogP contribution < -0.4 is 15.2 Å². The second kappa shape index (κ2) is 9.23. The highest BCUT2D eigenvalue weighted by atomic mass is 16.5. The minimum atomic E-state index is -0.789. The van der Waals surface area contributed by atoms with Crippen molar-refractivity contribution < 1.29 is 19.4 Å². The number of aliphatic carboxylic acids is 1. The lowest BCUT2D eigenvalue weighted by Crippen LogP contribution is -2.21. The van der Waals surface area contributed by atoms with Gasteiger partial charge in [-0.05, 0) is 43.4 Å². The third kappa shape index (κ3) is 6.49. The Morgan fingerprint density at radius 3 is 2.57 bits per heavy atom. The number of rotatable bonds is 10. The van der Waals surface area contributed by atoms with E-state index in [4.69, 9.17) is 20.3 Å². The van der Waals surface area contributed by atoms with E-state index in [1.54, 1.807) is 7.11 Å². The molecule has 1 aromatic carbocycles. The molecule has 0 aliphatic rings. The van der Waals surface area contributed by atoms with Crippen LogP contribution in [0.2, 0.25) is 0 Å². The predicted octanol–water partition coefficient (Wildman–Crippen LogP) is 2.54. The highest BCUT2D eigenvalue weighted by molar-refractivity contribution is 5.67. The molecule has 0 fully saturated rings. The lowest BCUT2D eigenvalue weighted by atomic mass is 9.91. The van der Waals surface area contributed by atoms with Crippen LogP contribution in [0.4, 0.5) is 0 Å². The summed E-state index contributed by atoms with van der Waals surface area (Å²) in [4.78, 5) is 10.7. The van der Waals surface area contributed by atoms with Crippen LogP contribution in [0.3, 0.4) is 0 Å². The fraction of sp³-hybridized carbons (Fsp3) is 0.562. The number of methoxy groups -OCH3 is 1. The standard InChI is InChI=1S/C16H25NO4/c1-12(9-13(11-17)10-16(18)19)7-8-21-15-6-4-3-5-14(15)20-2/h3-6,12-13H,7-11,17H2,1-2H3,(H,18,19)/t12?,13-/m0/s1. The Hall–Kier alpha value is -1.75. The Kier molecular flexibility index (Phi) is 7.61. The van der Waals surface area contributed by atoms with Crippen LogP contribution in [0, 0.1) is 11.8 Å². The maximum Gasteiger partial charge on any atom is 0.303 e. The molecule has 0 spiro atoms. The van der Waals surface area contributed by atoms with Crippen molar-refractivity contribution in [3.8, 4) is 11.5 Å². The summed E-state index contributed by atoms with van der Waals surface area (Å²) in [5.74, 6) is 1.06. The van der Waals surface area contributed by atoms with Crippen molar-refractivity contribution in [3.63, 3.8) is 0 Å². The SMILES string of the molecule is COc1ccccc1OCCC(C)C[C@H](CN)CC(=O)O. The molecule has 21 heavy (non-hydrogen) atoms. The molecular weight excluding hydrogens is 270 g/mol. The Bertz CT molecular complexity index is 436. The summed E-state index contributed by atoms with van der Waals surface area (Å²) in [6.45, 7) is 3.08. The lowest BCUT2D eigenvalue weighted by molar-refractivity contribution is -0.138. The van der Waals surface area contributed by atoms with Gasteiger partial charge in [0.15, 0.2) is 11.5 Å². The zero-order chi connectivity index (χ0) is 15.7. The summed E-state index contributed by atoms with van der Waals surface area (Å²) < 4.78 is 10.9. The summed E-state index contributed by atoms with van der Waals surface area (Å²) >= 11 is 0. The maximum atomic E-state index is 10.7.